The van der Waals surface area contributed by atoms with Crippen LogP contribution in [0.5, 0.6) is 0 Å². The van der Waals surface area contributed by atoms with Crippen LogP contribution in [0, 0.1) is 0 Å². The first-order valence-electron chi connectivity index (χ1n) is 44.6. The summed E-state index contributed by atoms with van der Waals surface area (Å²) in [4.78, 5) is 19.3. The Bertz CT molecular complexity index is 8830. The summed E-state index contributed by atoms with van der Waals surface area (Å²) in [5, 5.41) is 14.9. The van der Waals surface area contributed by atoms with Crippen molar-refractivity contribution in [1.29, 1.82) is 0 Å². The minimum Gasteiger partial charge on any atom is -0.308 e. The molecule has 0 aliphatic heterocycles. The second-order valence-corrected chi connectivity index (χ2v) is 37.2. The van der Waals surface area contributed by atoms with E-state index >= 15 is 0 Å². The third-order valence-electron chi connectivity index (χ3n) is 28.9. The summed E-state index contributed by atoms with van der Waals surface area (Å²) in [5.74, 6) is 0. The van der Waals surface area contributed by atoms with Crippen molar-refractivity contribution in [2.75, 3.05) is 0 Å². The van der Waals surface area contributed by atoms with E-state index in [2.05, 4.69) is 413 Å². The molecule has 0 radical (unpaired) electrons. The molecule has 0 saturated carbocycles. The molecule has 608 valence electrons. The van der Waals surface area contributed by atoms with Gasteiger partial charge in [0, 0.05) is 90.1 Å². The molecule has 0 N–H and O–H groups in total. The van der Waals surface area contributed by atoms with Crippen molar-refractivity contribution in [2.45, 2.75) is 77.0 Å². The predicted octanol–water partition coefficient (Wildman–Crippen LogP) is 30.6. The Morgan fingerprint density at radius 1 is 0.172 bits per heavy atom. The van der Waals surface area contributed by atoms with E-state index in [4.69, 9.17) is 19.9 Å². The molecule has 0 spiro atoms. The van der Waals surface area contributed by atoms with Crippen molar-refractivity contribution >= 4 is 131 Å². The summed E-state index contributed by atoms with van der Waals surface area (Å²) in [6.07, 6.45) is 7.61. The maximum atomic E-state index is 4.90. The molecule has 8 heterocycles. The predicted molar refractivity (Wildman–Crippen MR) is 535 cm³/mol. The molecular formula is C120H88N8. The van der Waals surface area contributed by atoms with Gasteiger partial charge in [-0.3, -0.25) is 19.9 Å². The van der Waals surface area contributed by atoms with E-state index in [1.165, 1.54) is 198 Å². The maximum absolute atomic E-state index is 4.90. The van der Waals surface area contributed by atoms with Crippen LogP contribution in [-0.2, 0) is 21.7 Å². The van der Waals surface area contributed by atoms with Gasteiger partial charge in [0.05, 0.1) is 77.6 Å². The number of para-hydroxylation sites is 1. The Balaban J connectivity index is 0.0000000929. The summed E-state index contributed by atoms with van der Waals surface area (Å²) in [6.45, 7) is 18.7. The van der Waals surface area contributed by atoms with Crippen LogP contribution >= 0.6 is 0 Å². The van der Waals surface area contributed by atoms with Gasteiger partial charge >= 0.3 is 0 Å². The first-order chi connectivity index (χ1) is 62.6. The molecule has 0 unspecified atom stereocenters. The van der Waals surface area contributed by atoms with Crippen molar-refractivity contribution in [1.82, 2.24) is 38.2 Å². The van der Waals surface area contributed by atoms with E-state index in [1.807, 2.05) is 49.1 Å². The zero-order valence-electron chi connectivity index (χ0n) is 72.5. The van der Waals surface area contributed by atoms with Crippen LogP contribution in [0.4, 0.5) is 0 Å². The third-order valence-corrected chi connectivity index (χ3v) is 28.9. The van der Waals surface area contributed by atoms with Gasteiger partial charge in [-0.05, 0) is 255 Å². The molecule has 0 saturated heterocycles. The van der Waals surface area contributed by atoms with Gasteiger partial charge in [0.1, 0.15) is 0 Å². The highest BCUT2D eigenvalue weighted by molar-refractivity contribution is 6.17. The highest BCUT2D eigenvalue weighted by Crippen LogP contribution is 2.57. The maximum Gasteiger partial charge on any atom is 0.0963 e. The van der Waals surface area contributed by atoms with Gasteiger partial charge in [-0.15, -0.1) is 0 Å². The largest absolute Gasteiger partial charge is 0.308 e. The van der Waals surface area contributed by atoms with Gasteiger partial charge in [0.25, 0.3) is 0 Å². The van der Waals surface area contributed by atoms with Crippen molar-refractivity contribution in [2.24, 2.45) is 0 Å². The third kappa shape index (κ3) is 10.9. The number of hydrogen-bond acceptors (Lipinski definition) is 4. The SMILES string of the molecule is CC1(C)c2ccccc2-c2cc3c(cc21)c1ncccc1n3-c1cc2ccccc2c2ccccc12.CC1(C)c2ccccc2-c2cc3c(cc21)c1ncccc1n3-c1ccc2ccccc2c1.CC1(C)c2ccccc2-c2cc3c(cc21)c1ncccc1n3-c1cccc2ccccc12.CC1(C)c2ccccc2-c2cc3c(cc21)c1ncccc1n3-c1ccccc1. The molecule has 128 heavy (non-hydrogen) atoms. The Kier molecular flexibility index (Phi) is 16.4. The quantitative estimate of drug-likeness (QED) is 0.165. The molecule has 4 aliphatic rings. The molecule has 8 heteroatoms. The van der Waals surface area contributed by atoms with Crippen LogP contribution in [-0.4, -0.2) is 38.2 Å². The number of fused-ring (bicyclic) bond motifs is 29. The summed E-state index contributed by atoms with van der Waals surface area (Å²) < 4.78 is 9.54. The molecule has 4 aliphatic carbocycles. The van der Waals surface area contributed by atoms with Gasteiger partial charge in [-0.25, -0.2) is 0 Å². The van der Waals surface area contributed by atoms with Crippen LogP contribution in [0.3, 0.4) is 0 Å². The van der Waals surface area contributed by atoms with Crippen molar-refractivity contribution in [3.8, 4) is 67.3 Å². The van der Waals surface area contributed by atoms with E-state index in [0.717, 1.165) is 44.1 Å². The van der Waals surface area contributed by atoms with Crippen LogP contribution in [0.1, 0.15) is 99.9 Å². The topological polar surface area (TPSA) is 71.3 Å². The molecule has 16 aromatic carbocycles. The van der Waals surface area contributed by atoms with E-state index in [9.17, 15) is 0 Å². The second kappa shape index (κ2) is 27.9. The lowest BCUT2D eigenvalue weighted by Crippen LogP contribution is -2.14. The van der Waals surface area contributed by atoms with Crippen LogP contribution in [0.15, 0.2) is 389 Å². The van der Waals surface area contributed by atoms with E-state index in [-0.39, 0.29) is 21.7 Å². The van der Waals surface area contributed by atoms with Crippen LogP contribution in [0.25, 0.3) is 198 Å². The fourth-order valence-electron chi connectivity index (χ4n) is 22.7. The number of pyridine rings is 4. The standard InChI is InChI=1S/C34H24N2.2C30H22N2.C26H20N2/c1-34(2)28-15-8-7-13-24(28)26-20-32-27(19-29(26)34)33-30(16-9-17-35-33)36(32)31-18-21-10-3-4-11-22(21)23-12-5-6-14-25(23)31;1-30(2)24-13-6-5-12-21(24)22-18-28-23(17-25(22)30)29-27(15-8-16-31-29)32(28)26-14-7-10-19-9-3-4-11-20(19)26;1-30(2)25-11-6-5-10-22(25)23-18-28-24(17-26(23)30)29-27(12-7-15-31-29)32(28)21-14-13-19-8-3-4-9-20(19)16-21;1-26(2)21-12-7-6-11-18(21)19-16-24-20(15-22(19)26)25-23(13-8-14-27-25)28(24)17-9-4-3-5-10-17/h3-20H,1-2H3;2*3-18H,1-2H3;3-16H,1-2H3. The average molecular weight is 1640 g/mol. The number of nitrogens with zero attached hydrogens (tertiary/aromatic N) is 8. The second-order valence-electron chi connectivity index (χ2n) is 37.2. The molecule has 0 atom stereocenters. The van der Waals surface area contributed by atoms with Crippen molar-refractivity contribution < 1.29 is 0 Å². The van der Waals surface area contributed by atoms with Crippen molar-refractivity contribution in [3.63, 3.8) is 0 Å². The monoisotopic (exact) mass is 1640 g/mol. The summed E-state index contributed by atoms with van der Waals surface area (Å²) >= 11 is 0. The number of rotatable bonds is 4. The molecule has 28 rings (SSSR count). The Morgan fingerprint density at radius 3 is 0.945 bits per heavy atom. The van der Waals surface area contributed by atoms with E-state index in [1.54, 1.807) is 0 Å². The fraction of sp³-hybridized carbons (Fsp3) is 0.100. The first kappa shape index (κ1) is 74.9. The minimum atomic E-state index is -0.0427. The van der Waals surface area contributed by atoms with E-state index < -0.39 is 0 Å². The molecule has 24 aromatic rings. The lowest BCUT2D eigenvalue weighted by molar-refractivity contribution is 0.661. The minimum absolute atomic E-state index is 0.00390. The molecular weight excluding hydrogens is 1550 g/mol. The Labute approximate surface area is 741 Å². The van der Waals surface area contributed by atoms with Gasteiger partial charge < -0.3 is 18.3 Å². The average Bonchev–Trinajstić information content (AvgIpc) is 1.56. The number of hydrogen-bond donors (Lipinski definition) is 0. The highest BCUT2D eigenvalue weighted by atomic mass is 15.0. The molecule has 0 bridgehead atoms. The summed E-state index contributed by atoms with van der Waals surface area (Å²) in [6, 6.07) is 132. The fourth-order valence-corrected chi connectivity index (χ4v) is 22.7. The number of aromatic nitrogens is 8. The lowest BCUT2D eigenvalue weighted by atomic mass is 9.82. The first-order valence-corrected chi connectivity index (χ1v) is 44.6. The van der Waals surface area contributed by atoms with Gasteiger partial charge in [-0.1, -0.05) is 286 Å². The zero-order valence-corrected chi connectivity index (χ0v) is 72.5. The van der Waals surface area contributed by atoms with Crippen LogP contribution < -0.4 is 0 Å². The Morgan fingerprint density at radius 2 is 0.500 bits per heavy atom. The summed E-state index contributed by atoms with van der Waals surface area (Å²) in [5.41, 5.74) is 40.2. The zero-order chi connectivity index (χ0) is 85.8. The van der Waals surface area contributed by atoms with Gasteiger partial charge in [0.15, 0.2) is 0 Å². The van der Waals surface area contributed by atoms with E-state index in [0.29, 0.717) is 0 Å². The summed E-state index contributed by atoms with van der Waals surface area (Å²) in [7, 11) is 0. The van der Waals surface area contributed by atoms with Gasteiger partial charge in [0.2, 0.25) is 0 Å². The molecule has 0 amide bonds. The molecule has 0 fully saturated rings. The van der Waals surface area contributed by atoms with Crippen LogP contribution in [0.2, 0.25) is 0 Å². The number of benzene rings is 16. The lowest BCUT2D eigenvalue weighted by Gasteiger charge is -2.21. The smallest absolute Gasteiger partial charge is 0.0963 e. The Hall–Kier alpha value is -15.6. The molecule has 8 nitrogen and oxygen atoms in total. The highest BCUT2D eigenvalue weighted by Gasteiger charge is 2.41. The van der Waals surface area contributed by atoms with Gasteiger partial charge in [-0.2, -0.15) is 0 Å². The molecule has 8 aromatic heterocycles. The normalized spacial score (nSPS) is 14.2. The van der Waals surface area contributed by atoms with Crippen molar-refractivity contribution in [3.05, 3.63) is 433 Å².